The average Bonchev–Trinajstić information content (AvgIpc) is 3.09. The maximum absolute atomic E-state index is 12.9. The minimum absolute atomic E-state index is 0.113. The molecule has 0 spiro atoms. The number of cyclic esters (lactones) is 1. The molecule has 3 aliphatic rings. The van der Waals surface area contributed by atoms with Crippen molar-refractivity contribution in [2.45, 2.75) is 159 Å². The largest absolute Gasteiger partial charge is 0.463 e. The van der Waals surface area contributed by atoms with Gasteiger partial charge in [0.25, 0.3) is 0 Å². The first-order valence-corrected chi connectivity index (χ1v) is 19.6. The van der Waals surface area contributed by atoms with Gasteiger partial charge >= 0.3 is 5.97 Å². The summed E-state index contributed by atoms with van der Waals surface area (Å²) in [7, 11) is 0. The second-order valence-electron chi connectivity index (χ2n) is 14.7. The van der Waals surface area contributed by atoms with Crippen molar-refractivity contribution in [2.24, 2.45) is 23.2 Å². The fourth-order valence-electron chi connectivity index (χ4n) is 6.95. The monoisotopic (exact) mass is 691 g/mol. The summed E-state index contributed by atoms with van der Waals surface area (Å²) in [6, 6.07) is 8.83. The number of rotatable bonds is 6. The summed E-state index contributed by atoms with van der Waals surface area (Å²) in [6.07, 6.45) is 5.59. The van der Waals surface area contributed by atoms with Crippen molar-refractivity contribution >= 4 is 11.8 Å². The maximum atomic E-state index is 12.9. The molecule has 0 aromatic heterocycles. The summed E-state index contributed by atoms with van der Waals surface area (Å²) in [5, 5.41) is 19.8. The molecule has 3 heterocycles. The number of carbonyl (C=O) groups excluding carboxylic acids is 2. The molecule has 0 bridgehead atoms. The van der Waals surface area contributed by atoms with Crippen LogP contribution in [0.3, 0.4) is 0 Å². The van der Waals surface area contributed by atoms with Crippen molar-refractivity contribution in [3.05, 3.63) is 35.4 Å². The lowest BCUT2D eigenvalue weighted by Gasteiger charge is -2.35. The highest BCUT2D eigenvalue weighted by atomic mass is 16.6. The number of benzene rings is 1. The zero-order chi connectivity index (χ0) is 37.1. The summed E-state index contributed by atoms with van der Waals surface area (Å²) < 4.78 is 11.0. The van der Waals surface area contributed by atoms with Crippen LogP contribution in [0.5, 0.6) is 0 Å². The lowest BCUT2D eigenvalue weighted by atomic mass is 9.85. The number of aliphatic hydroxyl groups is 2. The molecule has 8 nitrogen and oxygen atoms in total. The van der Waals surface area contributed by atoms with Gasteiger partial charge in [0, 0.05) is 38.0 Å². The molecule has 49 heavy (non-hydrogen) atoms. The molecule has 1 aromatic carbocycles. The molecule has 4 rings (SSSR count). The highest BCUT2D eigenvalue weighted by molar-refractivity contribution is 6.02. The van der Waals surface area contributed by atoms with Crippen LogP contribution in [0.4, 0.5) is 0 Å². The van der Waals surface area contributed by atoms with Crippen LogP contribution in [-0.4, -0.2) is 89.1 Å². The molecule has 0 aliphatic carbocycles. The second-order valence-corrected chi connectivity index (χ2v) is 14.7. The van der Waals surface area contributed by atoms with Crippen molar-refractivity contribution in [3.63, 3.8) is 0 Å². The predicted octanol–water partition coefficient (Wildman–Crippen LogP) is 7.66. The molecule has 3 aliphatic heterocycles. The van der Waals surface area contributed by atoms with Crippen molar-refractivity contribution < 1.29 is 29.3 Å². The van der Waals surface area contributed by atoms with Crippen molar-refractivity contribution in [3.8, 4) is 0 Å². The number of ketones is 1. The molecule has 2 fully saturated rings. The Balaban J connectivity index is 0.000000721. The van der Waals surface area contributed by atoms with E-state index in [1.54, 1.807) is 13.8 Å². The lowest BCUT2D eigenvalue weighted by molar-refractivity contribution is -0.199. The fraction of sp³-hybridized carbons (Fsp3) is 0.805. The number of nitrogens with zero attached hydrogens (tertiary/aromatic N) is 2. The third-order valence-electron chi connectivity index (χ3n) is 10.2. The predicted molar refractivity (Wildman–Crippen MR) is 201 cm³/mol. The smallest absolute Gasteiger partial charge is 0.319 e. The van der Waals surface area contributed by atoms with E-state index in [1.807, 2.05) is 41.5 Å². The van der Waals surface area contributed by atoms with Gasteiger partial charge in [-0.15, -0.1) is 0 Å². The van der Waals surface area contributed by atoms with Crippen LogP contribution in [0, 0.1) is 23.2 Å². The Kier molecular flexibility index (Phi) is 21.8. The molecule has 0 saturated carbocycles. The molecule has 2 N–H and O–H groups in total. The Morgan fingerprint density at radius 1 is 0.918 bits per heavy atom. The van der Waals surface area contributed by atoms with E-state index in [9.17, 15) is 19.8 Å². The topological polar surface area (TPSA) is 99.5 Å². The van der Waals surface area contributed by atoms with Crippen LogP contribution < -0.4 is 0 Å². The first-order valence-electron chi connectivity index (χ1n) is 19.6. The van der Waals surface area contributed by atoms with E-state index in [2.05, 4.69) is 54.8 Å². The van der Waals surface area contributed by atoms with Crippen molar-refractivity contribution in [1.29, 1.82) is 0 Å². The molecule has 284 valence electrons. The van der Waals surface area contributed by atoms with Crippen LogP contribution in [-0.2, 0) is 32.0 Å². The van der Waals surface area contributed by atoms with Gasteiger partial charge in [-0.05, 0) is 102 Å². The van der Waals surface area contributed by atoms with Gasteiger partial charge in [-0.1, -0.05) is 79.7 Å². The zero-order valence-electron chi connectivity index (χ0n) is 33.2. The van der Waals surface area contributed by atoms with Crippen LogP contribution in [0.15, 0.2) is 24.3 Å². The number of aliphatic hydroxyl groups excluding tert-OH is 2. The Hall–Kier alpha value is -1.84. The number of carbonyl (C=O) groups is 2. The Labute approximate surface area is 300 Å². The van der Waals surface area contributed by atoms with Crippen molar-refractivity contribution in [2.75, 3.05) is 32.8 Å². The van der Waals surface area contributed by atoms with Crippen LogP contribution >= 0.6 is 0 Å². The normalized spacial score (nSPS) is 29.8. The number of esters is 1. The van der Waals surface area contributed by atoms with E-state index in [0.717, 1.165) is 64.8 Å². The SMILES string of the molecule is CC.CC.CCCN1C[C@H](C)C[C@@H](O)CCC(=O)C(C)(C)C(=O)OC[C@H]1CCCN1CCc2ccccc2C1.C[C@H]1[C@H](O)O[C@H](C)C[C@@H]1C. The number of Topliss-reactive ketones (excluding diaryl/α,β-unsaturated/α-hetero) is 1. The molecular formula is C41H74N2O6. The first-order chi connectivity index (χ1) is 23.3. The number of hydrogen-bond donors (Lipinski definition) is 2. The van der Waals surface area contributed by atoms with E-state index in [1.165, 1.54) is 11.1 Å². The first kappa shape index (κ1) is 45.2. The molecule has 7 atom stereocenters. The van der Waals surface area contributed by atoms with Gasteiger partial charge < -0.3 is 19.7 Å². The number of ether oxygens (including phenoxy) is 2. The Bertz CT molecular complexity index is 1050. The Morgan fingerprint density at radius 3 is 2.20 bits per heavy atom. The quantitative estimate of drug-likeness (QED) is 0.232. The van der Waals surface area contributed by atoms with E-state index in [-0.39, 0.29) is 30.3 Å². The number of hydrogen-bond acceptors (Lipinski definition) is 8. The van der Waals surface area contributed by atoms with Crippen LogP contribution in [0.25, 0.3) is 0 Å². The molecule has 0 unspecified atom stereocenters. The van der Waals surface area contributed by atoms with Gasteiger partial charge in [0.1, 0.15) is 17.8 Å². The van der Waals surface area contributed by atoms with Gasteiger partial charge in [-0.3, -0.25) is 19.4 Å². The van der Waals surface area contributed by atoms with E-state index < -0.39 is 23.8 Å². The number of fused-ring (bicyclic) bond motifs is 1. The van der Waals surface area contributed by atoms with E-state index >= 15 is 0 Å². The third-order valence-corrected chi connectivity index (χ3v) is 10.2. The summed E-state index contributed by atoms with van der Waals surface area (Å²) in [6.45, 7) is 27.1. The molecule has 0 amide bonds. The average molecular weight is 691 g/mol. The molecular weight excluding hydrogens is 616 g/mol. The molecule has 0 radical (unpaired) electrons. The summed E-state index contributed by atoms with van der Waals surface area (Å²) in [5.41, 5.74) is 1.72. The Morgan fingerprint density at radius 2 is 1.57 bits per heavy atom. The van der Waals surface area contributed by atoms with E-state index in [0.29, 0.717) is 31.3 Å². The summed E-state index contributed by atoms with van der Waals surface area (Å²) in [5.74, 6) is 0.575. The lowest BCUT2D eigenvalue weighted by Crippen LogP contribution is -2.44. The van der Waals surface area contributed by atoms with Gasteiger partial charge in [-0.25, -0.2) is 0 Å². The zero-order valence-corrected chi connectivity index (χ0v) is 33.2. The summed E-state index contributed by atoms with van der Waals surface area (Å²) >= 11 is 0. The second kappa shape index (κ2) is 23.6. The van der Waals surface area contributed by atoms with E-state index in [4.69, 9.17) is 9.47 Å². The minimum Gasteiger partial charge on any atom is -0.463 e. The minimum atomic E-state index is -1.18. The van der Waals surface area contributed by atoms with Crippen molar-refractivity contribution in [1.82, 2.24) is 9.80 Å². The molecule has 1 aromatic rings. The standard InChI is InChI=1S/C29H46N2O4.C8H16O2.2C2H6/c1-5-15-31-19-22(2)18-26(32)12-13-27(33)29(3,4)28(34)35-21-25(31)11-8-16-30-17-14-23-9-6-7-10-24(23)20-30;1-5-4-6(2)10-8(9)7(5)3;2*1-2/h6-7,9-10,22,25-26,32H,5,8,11-21H2,1-4H3;5-9H,4H2,1-3H3;2*1-2H3/t22-,25-,26+;5-,6+,7+,8+;;/m10../s1. The molecule has 2 saturated heterocycles. The summed E-state index contributed by atoms with van der Waals surface area (Å²) in [4.78, 5) is 30.6. The highest BCUT2D eigenvalue weighted by Crippen LogP contribution is 2.29. The fourth-order valence-corrected chi connectivity index (χ4v) is 6.95. The van der Waals surface area contributed by atoms with Crippen LogP contribution in [0.2, 0.25) is 0 Å². The van der Waals surface area contributed by atoms with Gasteiger partial charge in [0.2, 0.25) is 0 Å². The van der Waals surface area contributed by atoms with Crippen LogP contribution in [0.1, 0.15) is 132 Å². The van der Waals surface area contributed by atoms with Gasteiger partial charge in [-0.2, -0.15) is 0 Å². The van der Waals surface area contributed by atoms with Gasteiger partial charge in [0.15, 0.2) is 6.29 Å². The van der Waals surface area contributed by atoms with Gasteiger partial charge in [0.05, 0.1) is 12.2 Å². The molecule has 8 heteroatoms. The third kappa shape index (κ3) is 15.1. The highest BCUT2D eigenvalue weighted by Gasteiger charge is 2.38. The maximum Gasteiger partial charge on any atom is 0.319 e.